The molecular weight excluding hydrogens is 196 g/mol. The molecule has 88 valence electrons. The van der Waals surface area contributed by atoms with Crippen LogP contribution >= 0.6 is 0 Å². The van der Waals surface area contributed by atoms with Crippen molar-refractivity contribution in [2.24, 2.45) is 11.8 Å². The second-order valence-electron chi connectivity index (χ2n) is 5.20. The van der Waals surface area contributed by atoms with Crippen molar-refractivity contribution in [3.8, 4) is 0 Å². The van der Waals surface area contributed by atoms with E-state index < -0.39 is 0 Å². The Bertz CT molecular complexity index is 340. The summed E-state index contributed by atoms with van der Waals surface area (Å²) >= 11 is 0. The fraction of sp³-hybridized carbons (Fsp3) is 0.571. The van der Waals surface area contributed by atoms with Crippen LogP contribution in [-0.4, -0.2) is 6.54 Å². The Morgan fingerprint density at radius 2 is 2.19 bits per heavy atom. The lowest BCUT2D eigenvalue weighted by Crippen LogP contribution is -2.13. The zero-order valence-corrected chi connectivity index (χ0v) is 10.3. The van der Waals surface area contributed by atoms with Crippen LogP contribution in [0, 0.1) is 18.8 Å². The average molecular weight is 218 g/mol. The zero-order valence-electron chi connectivity index (χ0n) is 10.3. The molecule has 0 radical (unpaired) electrons. The lowest BCUT2D eigenvalue weighted by Gasteiger charge is -2.15. The number of anilines is 2. The number of para-hydroxylation sites is 1. The monoisotopic (exact) mass is 218 g/mol. The van der Waals surface area contributed by atoms with Crippen molar-refractivity contribution in [3.63, 3.8) is 0 Å². The summed E-state index contributed by atoms with van der Waals surface area (Å²) in [6.45, 7) is 5.53. The van der Waals surface area contributed by atoms with Gasteiger partial charge in [0.05, 0.1) is 11.4 Å². The number of nitrogens with one attached hydrogen (secondary N) is 1. The summed E-state index contributed by atoms with van der Waals surface area (Å²) in [4.78, 5) is 0. The molecule has 1 saturated carbocycles. The lowest BCUT2D eigenvalue weighted by molar-refractivity contribution is 0.537. The first-order valence-corrected chi connectivity index (χ1v) is 6.25. The Kier molecular flexibility index (Phi) is 3.37. The van der Waals surface area contributed by atoms with Crippen molar-refractivity contribution < 1.29 is 0 Å². The largest absolute Gasteiger partial charge is 0.397 e. The van der Waals surface area contributed by atoms with Crippen LogP contribution in [-0.2, 0) is 0 Å². The Morgan fingerprint density at radius 3 is 2.81 bits per heavy atom. The molecule has 2 rings (SSSR count). The molecule has 0 aromatic heterocycles. The Morgan fingerprint density at radius 1 is 1.38 bits per heavy atom. The first kappa shape index (κ1) is 11.3. The number of rotatable bonds is 3. The minimum absolute atomic E-state index is 0.828. The van der Waals surface area contributed by atoms with Crippen molar-refractivity contribution in [3.05, 3.63) is 23.8 Å². The van der Waals surface area contributed by atoms with E-state index in [1.54, 1.807) is 0 Å². The fourth-order valence-electron chi connectivity index (χ4n) is 2.69. The molecule has 1 aliphatic carbocycles. The van der Waals surface area contributed by atoms with Gasteiger partial charge in [-0.1, -0.05) is 25.5 Å². The van der Waals surface area contributed by atoms with Gasteiger partial charge in [0.1, 0.15) is 0 Å². The summed E-state index contributed by atoms with van der Waals surface area (Å²) < 4.78 is 0. The van der Waals surface area contributed by atoms with E-state index >= 15 is 0 Å². The van der Waals surface area contributed by atoms with Crippen molar-refractivity contribution in [2.45, 2.75) is 33.1 Å². The van der Waals surface area contributed by atoms with Gasteiger partial charge in [-0.05, 0) is 43.2 Å². The van der Waals surface area contributed by atoms with E-state index in [9.17, 15) is 0 Å². The van der Waals surface area contributed by atoms with Crippen LogP contribution < -0.4 is 11.1 Å². The predicted octanol–water partition coefficient (Wildman–Crippen LogP) is 3.43. The predicted molar refractivity (Wildman–Crippen MR) is 70.6 cm³/mol. The summed E-state index contributed by atoms with van der Waals surface area (Å²) in [6, 6.07) is 6.08. The van der Waals surface area contributed by atoms with Gasteiger partial charge in [-0.25, -0.2) is 0 Å². The van der Waals surface area contributed by atoms with Gasteiger partial charge < -0.3 is 11.1 Å². The topological polar surface area (TPSA) is 38.0 Å². The van der Waals surface area contributed by atoms with Gasteiger partial charge in [-0.3, -0.25) is 0 Å². The maximum Gasteiger partial charge on any atom is 0.0603 e. The summed E-state index contributed by atoms with van der Waals surface area (Å²) in [5.74, 6) is 1.73. The third kappa shape index (κ3) is 2.49. The van der Waals surface area contributed by atoms with Crippen LogP contribution in [0.15, 0.2) is 18.2 Å². The van der Waals surface area contributed by atoms with Crippen LogP contribution in [0.25, 0.3) is 0 Å². The smallest absolute Gasteiger partial charge is 0.0603 e. The fourth-order valence-corrected chi connectivity index (χ4v) is 2.69. The van der Waals surface area contributed by atoms with Crippen LogP contribution in [0.5, 0.6) is 0 Å². The third-order valence-electron chi connectivity index (χ3n) is 3.68. The van der Waals surface area contributed by atoms with Crippen LogP contribution in [0.1, 0.15) is 31.7 Å². The Labute approximate surface area is 98.2 Å². The molecule has 0 heterocycles. The molecule has 16 heavy (non-hydrogen) atoms. The molecule has 1 aromatic carbocycles. The van der Waals surface area contributed by atoms with E-state index in [2.05, 4.69) is 25.2 Å². The Balaban J connectivity index is 1.94. The van der Waals surface area contributed by atoms with Crippen molar-refractivity contribution >= 4 is 11.4 Å². The minimum atomic E-state index is 0.828. The molecule has 0 amide bonds. The highest BCUT2D eigenvalue weighted by molar-refractivity contribution is 5.69. The summed E-state index contributed by atoms with van der Waals surface area (Å²) in [6.07, 6.45) is 4.11. The first-order chi connectivity index (χ1) is 7.66. The number of nitrogens with two attached hydrogens (primary N) is 1. The molecule has 0 aliphatic heterocycles. The van der Waals surface area contributed by atoms with Crippen molar-refractivity contribution in [1.29, 1.82) is 0 Å². The summed E-state index contributed by atoms with van der Waals surface area (Å²) in [7, 11) is 0. The van der Waals surface area contributed by atoms with Crippen LogP contribution in [0.2, 0.25) is 0 Å². The molecule has 1 aliphatic rings. The Hall–Kier alpha value is -1.18. The van der Waals surface area contributed by atoms with E-state index in [0.29, 0.717) is 0 Å². The number of aryl methyl sites for hydroxylation is 1. The molecule has 1 fully saturated rings. The van der Waals surface area contributed by atoms with Gasteiger partial charge in [-0.2, -0.15) is 0 Å². The van der Waals surface area contributed by atoms with Gasteiger partial charge >= 0.3 is 0 Å². The zero-order chi connectivity index (χ0) is 11.5. The van der Waals surface area contributed by atoms with Crippen LogP contribution in [0.3, 0.4) is 0 Å². The molecule has 1 aromatic rings. The maximum absolute atomic E-state index is 5.97. The first-order valence-electron chi connectivity index (χ1n) is 6.25. The molecular formula is C14H22N2. The second-order valence-corrected chi connectivity index (χ2v) is 5.20. The highest BCUT2D eigenvalue weighted by Crippen LogP contribution is 2.31. The third-order valence-corrected chi connectivity index (χ3v) is 3.68. The number of hydrogen-bond acceptors (Lipinski definition) is 2. The highest BCUT2D eigenvalue weighted by Gasteiger charge is 2.21. The number of benzene rings is 1. The second kappa shape index (κ2) is 4.77. The molecule has 2 unspecified atom stereocenters. The lowest BCUT2D eigenvalue weighted by atomic mass is 10.1. The molecule has 3 N–H and O–H groups in total. The quantitative estimate of drug-likeness (QED) is 0.763. The average Bonchev–Trinajstić information content (AvgIpc) is 2.63. The van der Waals surface area contributed by atoms with Crippen molar-refractivity contribution in [1.82, 2.24) is 0 Å². The van der Waals surface area contributed by atoms with E-state index in [1.807, 2.05) is 12.1 Å². The molecule has 2 heteroatoms. The van der Waals surface area contributed by atoms with E-state index in [0.717, 1.165) is 29.8 Å². The molecule has 0 bridgehead atoms. The van der Waals surface area contributed by atoms with E-state index in [4.69, 9.17) is 5.73 Å². The van der Waals surface area contributed by atoms with Gasteiger partial charge in [0.25, 0.3) is 0 Å². The van der Waals surface area contributed by atoms with Gasteiger partial charge in [-0.15, -0.1) is 0 Å². The maximum atomic E-state index is 5.97. The highest BCUT2D eigenvalue weighted by atomic mass is 14.9. The molecule has 2 atom stereocenters. The summed E-state index contributed by atoms with van der Waals surface area (Å²) in [5, 5.41) is 3.52. The van der Waals surface area contributed by atoms with E-state index in [-0.39, 0.29) is 0 Å². The molecule has 0 saturated heterocycles. The minimum Gasteiger partial charge on any atom is -0.397 e. The number of nitrogen functional groups attached to an aromatic ring is 1. The van der Waals surface area contributed by atoms with Gasteiger partial charge in [0, 0.05) is 6.54 Å². The number of hydrogen-bond donors (Lipinski definition) is 2. The standard InChI is InChI=1S/C14H22N2/c1-10-6-7-12(8-10)9-16-14-11(2)4-3-5-13(14)15/h3-5,10,12,16H,6-9,15H2,1-2H3. The van der Waals surface area contributed by atoms with E-state index in [1.165, 1.54) is 24.8 Å². The normalized spacial score (nSPS) is 24.6. The van der Waals surface area contributed by atoms with Gasteiger partial charge in [0.2, 0.25) is 0 Å². The van der Waals surface area contributed by atoms with Crippen LogP contribution in [0.4, 0.5) is 11.4 Å². The SMILES string of the molecule is Cc1cccc(N)c1NCC1CCC(C)C1. The summed E-state index contributed by atoms with van der Waals surface area (Å²) in [5.41, 5.74) is 9.21. The van der Waals surface area contributed by atoms with Crippen molar-refractivity contribution in [2.75, 3.05) is 17.6 Å². The van der Waals surface area contributed by atoms with Gasteiger partial charge in [0.15, 0.2) is 0 Å². The molecule has 0 spiro atoms. The molecule has 2 nitrogen and oxygen atoms in total.